The zero-order valence-electron chi connectivity index (χ0n) is 69.7. The Labute approximate surface area is 651 Å². The van der Waals surface area contributed by atoms with Crippen LogP contribution >= 0.6 is 15.6 Å². The predicted molar refractivity (Wildman–Crippen MR) is 437 cm³/mol. The molecule has 0 radical (unpaired) electrons. The molecule has 17 nitrogen and oxygen atoms in total. The molecule has 0 aromatic rings. The van der Waals surface area contributed by atoms with Gasteiger partial charge >= 0.3 is 39.5 Å². The van der Waals surface area contributed by atoms with Gasteiger partial charge in [0.1, 0.15) is 19.3 Å². The molecule has 0 amide bonds. The maximum Gasteiger partial charge on any atom is 0.472 e. The number of aliphatic hydroxyl groups excluding tert-OH is 1. The van der Waals surface area contributed by atoms with Crippen molar-refractivity contribution in [1.29, 1.82) is 0 Å². The van der Waals surface area contributed by atoms with Crippen molar-refractivity contribution < 1.29 is 80.2 Å². The van der Waals surface area contributed by atoms with Gasteiger partial charge < -0.3 is 33.8 Å². The van der Waals surface area contributed by atoms with Gasteiger partial charge in [-0.25, -0.2) is 9.13 Å². The molecule has 0 bridgehead atoms. The number of hydrogen-bond acceptors (Lipinski definition) is 15. The van der Waals surface area contributed by atoms with Gasteiger partial charge in [-0.3, -0.25) is 37.3 Å². The van der Waals surface area contributed by atoms with E-state index in [4.69, 9.17) is 37.0 Å². The fourth-order valence-electron chi connectivity index (χ4n) is 13.6. The maximum atomic E-state index is 13.2. The molecule has 5 atom stereocenters. The summed E-state index contributed by atoms with van der Waals surface area (Å²) < 4.78 is 68.9. The van der Waals surface area contributed by atoms with E-state index in [0.29, 0.717) is 31.6 Å². The molecule has 0 aliphatic carbocycles. The Morgan fingerprint density at radius 1 is 0.255 bits per heavy atom. The second-order valence-electron chi connectivity index (χ2n) is 32.2. The predicted octanol–water partition coefficient (Wildman–Crippen LogP) is 26.6. The van der Waals surface area contributed by atoms with Crippen LogP contribution < -0.4 is 0 Å². The highest BCUT2D eigenvalue weighted by molar-refractivity contribution is 7.47. The van der Waals surface area contributed by atoms with Gasteiger partial charge in [-0.2, -0.15) is 0 Å². The van der Waals surface area contributed by atoms with Crippen LogP contribution in [0.1, 0.15) is 465 Å². The number of phosphoric acid groups is 2. The molecule has 630 valence electrons. The molecule has 0 aliphatic heterocycles. The largest absolute Gasteiger partial charge is 0.472 e. The molecule has 0 saturated carbocycles. The minimum Gasteiger partial charge on any atom is -0.462 e. The third-order valence-electron chi connectivity index (χ3n) is 20.5. The number of unbranched alkanes of at least 4 members (excludes halogenated alkanes) is 56. The van der Waals surface area contributed by atoms with E-state index in [9.17, 15) is 43.2 Å². The number of ether oxygens (including phenoxy) is 4. The fraction of sp³-hybridized carbons (Fsp3) is 0.954. The van der Waals surface area contributed by atoms with Crippen LogP contribution in [-0.2, 0) is 65.4 Å². The molecule has 0 aromatic carbocycles. The van der Waals surface area contributed by atoms with Crippen LogP contribution in [0.3, 0.4) is 0 Å². The third-order valence-corrected chi connectivity index (χ3v) is 22.4. The van der Waals surface area contributed by atoms with Gasteiger partial charge in [0.15, 0.2) is 12.2 Å². The molecule has 0 aromatic heterocycles. The Morgan fingerprint density at radius 2 is 0.434 bits per heavy atom. The van der Waals surface area contributed by atoms with E-state index in [2.05, 4.69) is 41.5 Å². The number of rotatable bonds is 86. The van der Waals surface area contributed by atoms with E-state index in [1.165, 1.54) is 276 Å². The summed E-state index contributed by atoms with van der Waals surface area (Å²) in [5.41, 5.74) is 0. The summed E-state index contributed by atoms with van der Waals surface area (Å²) in [6.07, 6.45) is 71.1. The fourth-order valence-corrected chi connectivity index (χ4v) is 15.2. The monoisotopic (exact) mass is 1550 g/mol. The van der Waals surface area contributed by atoms with Crippen LogP contribution in [0.25, 0.3) is 0 Å². The van der Waals surface area contributed by atoms with Crippen LogP contribution in [0.5, 0.6) is 0 Å². The Kier molecular flexibility index (Phi) is 76.9. The van der Waals surface area contributed by atoms with Crippen LogP contribution in [0.2, 0.25) is 0 Å². The van der Waals surface area contributed by atoms with Crippen LogP contribution in [0, 0.1) is 11.8 Å². The molecular formula is C87H170O17P2. The lowest BCUT2D eigenvalue weighted by Gasteiger charge is -2.21. The van der Waals surface area contributed by atoms with Crippen molar-refractivity contribution in [2.45, 2.75) is 484 Å². The first-order chi connectivity index (χ1) is 51.4. The molecule has 0 spiro atoms. The van der Waals surface area contributed by atoms with E-state index in [-0.39, 0.29) is 25.7 Å². The first kappa shape index (κ1) is 104. The Bertz CT molecular complexity index is 2030. The molecule has 106 heavy (non-hydrogen) atoms. The highest BCUT2D eigenvalue weighted by Crippen LogP contribution is 2.45. The van der Waals surface area contributed by atoms with Crippen molar-refractivity contribution in [3.8, 4) is 0 Å². The van der Waals surface area contributed by atoms with Crippen molar-refractivity contribution in [1.82, 2.24) is 0 Å². The number of esters is 4. The number of carbonyl (C=O) groups is 4. The molecule has 0 aliphatic rings. The molecule has 19 heteroatoms. The highest BCUT2D eigenvalue weighted by atomic mass is 31.2. The average molecular weight is 1550 g/mol. The van der Waals surface area contributed by atoms with Gasteiger partial charge in [-0.15, -0.1) is 0 Å². The molecule has 0 fully saturated rings. The summed E-state index contributed by atoms with van der Waals surface area (Å²) in [7, 11) is -9.93. The maximum absolute atomic E-state index is 13.2. The first-order valence-electron chi connectivity index (χ1n) is 45.0. The van der Waals surface area contributed by atoms with E-state index in [0.717, 1.165) is 102 Å². The quantitative estimate of drug-likeness (QED) is 0.0222. The lowest BCUT2D eigenvalue weighted by molar-refractivity contribution is -0.161. The topological polar surface area (TPSA) is 237 Å². The number of carbonyl (C=O) groups excluding carboxylic acids is 4. The molecule has 2 unspecified atom stereocenters. The Balaban J connectivity index is 5.21. The van der Waals surface area contributed by atoms with Crippen LogP contribution in [-0.4, -0.2) is 96.7 Å². The zero-order valence-corrected chi connectivity index (χ0v) is 71.5. The lowest BCUT2D eigenvalue weighted by Crippen LogP contribution is -2.30. The van der Waals surface area contributed by atoms with Gasteiger partial charge in [-0.1, -0.05) is 414 Å². The SMILES string of the molecule is CCCCCCCCCCCCCCCCCCCCCCCCC(=O)O[C@H](COC(=O)CCCCCCCCCCCCCCCCCCCCCC)COP(=O)(O)OC[C@@H](O)COP(=O)(O)OC[C@@H](COC(=O)CCCCCCCCCC(C)C)OC(=O)CCCCCCCCCCCCCC(C)C. The highest BCUT2D eigenvalue weighted by Gasteiger charge is 2.30. The Hall–Kier alpha value is -1.94. The average Bonchev–Trinajstić information content (AvgIpc) is 0.901. The van der Waals surface area contributed by atoms with E-state index in [1.54, 1.807) is 0 Å². The smallest absolute Gasteiger partial charge is 0.462 e. The van der Waals surface area contributed by atoms with E-state index >= 15 is 0 Å². The van der Waals surface area contributed by atoms with Crippen molar-refractivity contribution in [2.24, 2.45) is 11.8 Å². The molecule has 0 heterocycles. The molecular weight excluding hydrogens is 1380 g/mol. The van der Waals surface area contributed by atoms with Crippen molar-refractivity contribution >= 4 is 39.5 Å². The summed E-state index contributed by atoms with van der Waals surface area (Å²) in [6.45, 7) is 9.61. The van der Waals surface area contributed by atoms with E-state index < -0.39 is 97.5 Å². The van der Waals surface area contributed by atoms with E-state index in [1.807, 2.05) is 0 Å². The lowest BCUT2D eigenvalue weighted by atomic mass is 10.0. The number of aliphatic hydroxyl groups is 1. The van der Waals surface area contributed by atoms with Crippen molar-refractivity contribution in [3.05, 3.63) is 0 Å². The standard InChI is InChI=1S/C87H170O17P2/c1-7-9-11-13-15-17-19-21-23-25-27-29-30-32-34-36-38-42-46-52-59-65-71-86(91)103-82(75-97-84(89)69-63-57-51-45-41-37-35-33-31-28-26-24-22-20-18-16-14-12-10-8-2)77-101-105(93,94)99-73-81(88)74-100-106(95,96)102-78-83(76-98-85(90)70-64-58-54-48-50-56-62-68-80(5)6)104-87(92)72-66-60-53-47-43-39-40-44-49-55-61-67-79(3)4/h79-83,88H,7-78H2,1-6H3,(H,93,94)(H,95,96)/t81-,82-,83-/m1/s1. The third kappa shape index (κ3) is 80.1. The molecule has 3 N–H and O–H groups in total. The van der Waals surface area contributed by atoms with Gasteiger partial charge in [0.25, 0.3) is 0 Å². The summed E-state index contributed by atoms with van der Waals surface area (Å²) in [5, 5.41) is 10.7. The van der Waals surface area contributed by atoms with Gasteiger partial charge in [0.05, 0.1) is 26.4 Å². The molecule has 0 rings (SSSR count). The Morgan fingerprint density at radius 3 is 0.642 bits per heavy atom. The van der Waals surface area contributed by atoms with Crippen molar-refractivity contribution in [2.75, 3.05) is 39.6 Å². The molecule has 0 saturated heterocycles. The first-order valence-corrected chi connectivity index (χ1v) is 48.0. The summed E-state index contributed by atoms with van der Waals surface area (Å²) in [6, 6.07) is 0. The second-order valence-corrected chi connectivity index (χ2v) is 35.1. The van der Waals surface area contributed by atoms with Crippen molar-refractivity contribution in [3.63, 3.8) is 0 Å². The van der Waals surface area contributed by atoms with Gasteiger partial charge in [-0.05, 0) is 37.5 Å². The summed E-state index contributed by atoms with van der Waals surface area (Å²) in [5.74, 6) is -0.634. The second kappa shape index (κ2) is 78.3. The van der Waals surface area contributed by atoms with Crippen LogP contribution in [0.15, 0.2) is 0 Å². The van der Waals surface area contributed by atoms with Crippen LogP contribution in [0.4, 0.5) is 0 Å². The number of phosphoric ester groups is 2. The summed E-state index contributed by atoms with van der Waals surface area (Å²) >= 11 is 0. The van der Waals surface area contributed by atoms with Gasteiger partial charge in [0, 0.05) is 25.7 Å². The number of hydrogen-bond donors (Lipinski definition) is 3. The minimum absolute atomic E-state index is 0.106. The zero-order chi connectivity index (χ0) is 77.8. The summed E-state index contributed by atoms with van der Waals surface area (Å²) in [4.78, 5) is 73.2. The minimum atomic E-state index is -4.97. The van der Waals surface area contributed by atoms with Gasteiger partial charge in [0.2, 0.25) is 0 Å². The normalized spacial score (nSPS) is 13.8.